The van der Waals surface area contributed by atoms with Crippen molar-refractivity contribution in [3.8, 4) is 0 Å². The molecule has 1 fully saturated rings. The molecule has 3 aromatic rings. The van der Waals surface area contributed by atoms with Crippen LogP contribution in [0.2, 0.25) is 10.0 Å². The number of para-hydroxylation sites is 1. The first-order valence-electron chi connectivity index (χ1n) is 11.2. The van der Waals surface area contributed by atoms with E-state index in [-0.39, 0.29) is 0 Å². The first-order chi connectivity index (χ1) is 15.8. The molecule has 5 nitrogen and oxygen atoms in total. The van der Waals surface area contributed by atoms with Gasteiger partial charge in [0.1, 0.15) is 5.82 Å². The van der Waals surface area contributed by atoms with E-state index in [9.17, 15) is 0 Å². The van der Waals surface area contributed by atoms with Gasteiger partial charge in [-0.2, -0.15) is 0 Å². The molecular formula is C25H29Cl2N5S. The summed E-state index contributed by atoms with van der Waals surface area (Å²) in [5.41, 5.74) is 3.94. The summed E-state index contributed by atoms with van der Waals surface area (Å²) in [7, 11) is 4.14. The van der Waals surface area contributed by atoms with Crippen molar-refractivity contribution in [3.05, 3.63) is 58.1 Å². The lowest BCUT2D eigenvalue weighted by molar-refractivity contribution is 0.388. The van der Waals surface area contributed by atoms with Crippen LogP contribution in [0.1, 0.15) is 31.2 Å². The molecule has 0 unspecified atom stereocenters. The predicted octanol–water partition coefficient (Wildman–Crippen LogP) is 6.63. The summed E-state index contributed by atoms with van der Waals surface area (Å²) in [4.78, 5) is 6.98. The highest BCUT2D eigenvalue weighted by Crippen LogP contribution is 2.31. The molecule has 0 amide bonds. The Balaban J connectivity index is 1.34. The molecule has 174 valence electrons. The van der Waals surface area contributed by atoms with Gasteiger partial charge in [0.05, 0.1) is 16.2 Å². The number of hydrogen-bond donors (Lipinski definition) is 3. The maximum Gasteiger partial charge on any atom is 0.171 e. The van der Waals surface area contributed by atoms with Crippen molar-refractivity contribution < 1.29 is 0 Å². The van der Waals surface area contributed by atoms with Gasteiger partial charge in [-0.05, 0) is 68.6 Å². The lowest BCUT2D eigenvalue weighted by Gasteiger charge is -2.31. The average molecular weight is 503 g/mol. The summed E-state index contributed by atoms with van der Waals surface area (Å²) in [6, 6.07) is 14.7. The zero-order chi connectivity index (χ0) is 23.5. The third-order valence-electron chi connectivity index (χ3n) is 6.08. The van der Waals surface area contributed by atoms with Gasteiger partial charge in [0.15, 0.2) is 5.11 Å². The first-order valence-corrected chi connectivity index (χ1v) is 12.3. The quantitative estimate of drug-likeness (QED) is 0.341. The fraction of sp³-hybridized carbons (Fsp3) is 0.360. The molecule has 3 N–H and O–H groups in total. The predicted molar refractivity (Wildman–Crippen MR) is 146 cm³/mol. The van der Waals surface area contributed by atoms with Crippen molar-refractivity contribution >= 4 is 68.6 Å². The van der Waals surface area contributed by atoms with Crippen LogP contribution < -0.4 is 20.9 Å². The highest BCUT2D eigenvalue weighted by atomic mass is 35.5. The highest BCUT2D eigenvalue weighted by Gasteiger charge is 2.22. The number of nitrogens with zero attached hydrogens (tertiary/aromatic N) is 2. The highest BCUT2D eigenvalue weighted by molar-refractivity contribution is 7.80. The third kappa shape index (κ3) is 5.81. The maximum absolute atomic E-state index is 6.33. The molecule has 33 heavy (non-hydrogen) atoms. The third-order valence-corrected chi connectivity index (χ3v) is 6.82. The molecule has 0 saturated heterocycles. The molecule has 1 heterocycles. The molecule has 8 heteroatoms. The second-order valence-electron chi connectivity index (χ2n) is 8.81. The van der Waals surface area contributed by atoms with Crippen LogP contribution in [0.15, 0.2) is 42.5 Å². The van der Waals surface area contributed by atoms with Crippen molar-refractivity contribution in [2.45, 2.75) is 44.7 Å². The number of pyridine rings is 1. The Kier molecular flexibility index (Phi) is 7.47. The lowest BCUT2D eigenvalue weighted by Crippen LogP contribution is -2.42. The van der Waals surface area contributed by atoms with Crippen LogP contribution in [0.5, 0.6) is 0 Å². The van der Waals surface area contributed by atoms with E-state index in [0.29, 0.717) is 27.2 Å². The molecule has 0 bridgehead atoms. The second-order valence-corrected chi connectivity index (χ2v) is 10.1. The molecule has 1 aliphatic rings. The second kappa shape index (κ2) is 10.3. The number of rotatable bonds is 5. The van der Waals surface area contributed by atoms with Crippen LogP contribution in [0.4, 0.5) is 17.2 Å². The normalized spacial score (nSPS) is 18.1. The Hall–Kier alpha value is -2.28. The maximum atomic E-state index is 6.33. The molecule has 0 atom stereocenters. The summed E-state index contributed by atoms with van der Waals surface area (Å²) in [6.07, 6.45) is 4.15. The number of benzene rings is 2. The van der Waals surface area contributed by atoms with E-state index in [1.165, 1.54) is 5.69 Å². The average Bonchev–Trinajstić information content (AvgIpc) is 2.77. The SMILES string of the molecule is Cc1cc(Cl)cc(Cl)c1NC(=S)NC1CCC(Nc2cc(N(C)C)c3ccccc3n2)CC1. The van der Waals surface area contributed by atoms with E-state index < -0.39 is 0 Å². The van der Waals surface area contributed by atoms with Crippen LogP contribution in [0.3, 0.4) is 0 Å². The van der Waals surface area contributed by atoms with Gasteiger partial charge in [-0.15, -0.1) is 0 Å². The van der Waals surface area contributed by atoms with E-state index in [4.69, 9.17) is 40.4 Å². The van der Waals surface area contributed by atoms with E-state index >= 15 is 0 Å². The number of thiocarbonyl (C=S) groups is 1. The molecule has 1 aromatic heterocycles. The number of aromatic nitrogens is 1. The summed E-state index contributed by atoms with van der Waals surface area (Å²) < 4.78 is 0. The molecule has 1 aliphatic carbocycles. The zero-order valence-corrected chi connectivity index (χ0v) is 21.4. The van der Waals surface area contributed by atoms with Crippen molar-refractivity contribution in [1.82, 2.24) is 10.3 Å². The van der Waals surface area contributed by atoms with Crippen molar-refractivity contribution in [3.63, 3.8) is 0 Å². The zero-order valence-electron chi connectivity index (χ0n) is 19.1. The Morgan fingerprint density at radius 2 is 1.73 bits per heavy atom. The monoisotopic (exact) mass is 501 g/mol. The van der Waals surface area contributed by atoms with Crippen LogP contribution in [0.25, 0.3) is 10.9 Å². The minimum atomic E-state index is 0.330. The lowest BCUT2D eigenvalue weighted by atomic mass is 9.91. The standard InChI is InChI=1S/C25H29Cl2N5S/c1-15-12-16(26)13-20(27)24(15)31-25(33)29-18-10-8-17(9-11-18)28-23-14-22(32(2)3)19-6-4-5-7-21(19)30-23/h4-7,12-14,17-18H,8-11H2,1-3H3,(H,28,30)(H2,29,31,33). The van der Waals surface area contributed by atoms with Crippen LogP contribution in [0, 0.1) is 6.92 Å². The van der Waals surface area contributed by atoms with Crippen molar-refractivity contribution in [1.29, 1.82) is 0 Å². The Morgan fingerprint density at radius 3 is 2.42 bits per heavy atom. The minimum Gasteiger partial charge on any atom is -0.377 e. The van der Waals surface area contributed by atoms with Gasteiger partial charge in [-0.25, -0.2) is 4.98 Å². The van der Waals surface area contributed by atoms with Gasteiger partial charge >= 0.3 is 0 Å². The number of anilines is 3. The van der Waals surface area contributed by atoms with Gasteiger partial charge in [-0.1, -0.05) is 41.4 Å². The Bertz CT molecular complexity index is 1140. The van der Waals surface area contributed by atoms with E-state index in [2.05, 4.69) is 59.2 Å². The number of halogens is 2. The van der Waals surface area contributed by atoms with Gasteiger partial charge in [0.25, 0.3) is 0 Å². The van der Waals surface area contributed by atoms with Gasteiger partial charge < -0.3 is 20.9 Å². The van der Waals surface area contributed by atoms with Crippen molar-refractivity contribution in [2.75, 3.05) is 29.6 Å². The van der Waals surface area contributed by atoms with Crippen LogP contribution >= 0.6 is 35.4 Å². The summed E-state index contributed by atoms with van der Waals surface area (Å²) in [5, 5.41) is 13.3. The van der Waals surface area contributed by atoms with Gasteiger partial charge in [-0.3, -0.25) is 0 Å². The van der Waals surface area contributed by atoms with Crippen LogP contribution in [-0.4, -0.2) is 36.3 Å². The van der Waals surface area contributed by atoms with E-state index in [1.807, 2.05) is 19.1 Å². The summed E-state index contributed by atoms with van der Waals surface area (Å²) in [6.45, 7) is 1.96. The molecule has 0 spiro atoms. The summed E-state index contributed by atoms with van der Waals surface area (Å²) >= 11 is 17.9. The smallest absolute Gasteiger partial charge is 0.171 e. The Labute approximate surface area is 210 Å². The minimum absolute atomic E-state index is 0.330. The molecular weight excluding hydrogens is 473 g/mol. The molecule has 2 aromatic carbocycles. The fourth-order valence-electron chi connectivity index (χ4n) is 4.39. The van der Waals surface area contributed by atoms with E-state index in [0.717, 1.165) is 53.7 Å². The fourth-order valence-corrected chi connectivity index (χ4v) is 5.30. The number of aryl methyl sites for hydroxylation is 1. The Morgan fingerprint density at radius 1 is 1.03 bits per heavy atom. The topological polar surface area (TPSA) is 52.2 Å². The molecule has 4 rings (SSSR count). The summed E-state index contributed by atoms with van der Waals surface area (Å²) in [5.74, 6) is 0.929. The van der Waals surface area contributed by atoms with Gasteiger partial charge in [0, 0.05) is 48.3 Å². The van der Waals surface area contributed by atoms with Gasteiger partial charge in [0.2, 0.25) is 0 Å². The van der Waals surface area contributed by atoms with Crippen molar-refractivity contribution in [2.24, 2.45) is 0 Å². The number of fused-ring (bicyclic) bond motifs is 1. The largest absolute Gasteiger partial charge is 0.377 e. The number of nitrogens with one attached hydrogen (secondary N) is 3. The number of hydrogen-bond acceptors (Lipinski definition) is 4. The van der Waals surface area contributed by atoms with E-state index in [1.54, 1.807) is 6.07 Å². The van der Waals surface area contributed by atoms with Crippen LogP contribution in [-0.2, 0) is 0 Å². The first kappa shape index (κ1) is 23.9. The molecule has 0 radical (unpaired) electrons. The molecule has 1 saturated carbocycles. The molecule has 0 aliphatic heterocycles.